The maximum absolute atomic E-state index is 11.9. The van der Waals surface area contributed by atoms with Crippen LogP contribution < -0.4 is 4.72 Å². The van der Waals surface area contributed by atoms with Gasteiger partial charge in [0.05, 0.1) is 24.3 Å². The molecule has 0 aliphatic carbocycles. The lowest BCUT2D eigenvalue weighted by Gasteiger charge is -2.04. The molecule has 0 aliphatic heterocycles. The van der Waals surface area contributed by atoms with Crippen molar-refractivity contribution in [1.82, 2.24) is 19.7 Å². The Balaban J connectivity index is 2.28. The van der Waals surface area contributed by atoms with E-state index < -0.39 is 10.0 Å². The molecule has 2 rings (SSSR count). The number of anilines is 1. The van der Waals surface area contributed by atoms with Crippen molar-refractivity contribution >= 4 is 27.3 Å². The fourth-order valence-corrected chi connectivity index (χ4v) is 2.14. The zero-order chi connectivity index (χ0) is 12.5. The van der Waals surface area contributed by atoms with Gasteiger partial charge in [-0.2, -0.15) is 5.10 Å². The van der Waals surface area contributed by atoms with Gasteiger partial charge in [-0.1, -0.05) is 0 Å². The Morgan fingerprint density at radius 2 is 1.94 bits per heavy atom. The van der Waals surface area contributed by atoms with Crippen molar-refractivity contribution in [2.75, 3.05) is 4.72 Å². The van der Waals surface area contributed by atoms with Crippen molar-refractivity contribution in [2.45, 2.75) is 4.90 Å². The van der Waals surface area contributed by atoms with Crippen molar-refractivity contribution in [3.8, 4) is 0 Å². The van der Waals surface area contributed by atoms with Gasteiger partial charge in [-0.05, 0) is 11.6 Å². The van der Waals surface area contributed by atoms with Gasteiger partial charge in [0.1, 0.15) is 4.90 Å². The molecule has 1 N–H and O–H groups in total. The van der Waals surface area contributed by atoms with Gasteiger partial charge in [-0.25, -0.2) is 18.4 Å². The van der Waals surface area contributed by atoms with Gasteiger partial charge in [0.25, 0.3) is 10.0 Å². The van der Waals surface area contributed by atoms with Gasteiger partial charge < -0.3 is 0 Å². The first-order valence-electron chi connectivity index (χ1n) is 4.46. The molecule has 0 amide bonds. The molecule has 2 aromatic rings. The molecule has 0 aromatic carbocycles. The standard InChI is InChI=1S/C8H8ClN5O2S/c1-14-5-6(2-12-14)13-17(15,16)7-3-10-8(9)11-4-7/h2-5,13H,1H3. The minimum Gasteiger partial charge on any atom is -0.276 e. The molecule has 0 spiro atoms. The normalized spacial score (nSPS) is 11.4. The number of nitrogens with zero attached hydrogens (tertiary/aromatic N) is 4. The van der Waals surface area contributed by atoms with Crippen LogP contribution in [0.4, 0.5) is 5.69 Å². The molecule has 7 nitrogen and oxygen atoms in total. The predicted octanol–water partition coefficient (Wildman–Crippen LogP) is 0.664. The summed E-state index contributed by atoms with van der Waals surface area (Å²) in [7, 11) is -2.02. The summed E-state index contributed by atoms with van der Waals surface area (Å²) in [4.78, 5) is 7.15. The maximum atomic E-state index is 11.9. The second kappa shape index (κ2) is 4.30. The van der Waals surface area contributed by atoms with Crippen molar-refractivity contribution < 1.29 is 8.42 Å². The summed E-state index contributed by atoms with van der Waals surface area (Å²) in [6.07, 6.45) is 5.20. The molecular formula is C8H8ClN5O2S. The quantitative estimate of drug-likeness (QED) is 0.830. The van der Waals surface area contributed by atoms with E-state index in [2.05, 4.69) is 19.8 Å². The highest BCUT2D eigenvalue weighted by Gasteiger charge is 2.15. The molecule has 9 heteroatoms. The van der Waals surface area contributed by atoms with Crippen LogP contribution in [0.25, 0.3) is 0 Å². The first-order valence-corrected chi connectivity index (χ1v) is 6.32. The van der Waals surface area contributed by atoms with Gasteiger partial charge in [0.15, 0.2) is 0 Å². The minimum atomic E-state index is -3.70. The number of aryl methyl sites for hydroxylation is 1. The first-order chi connectivity index (χ1) is 7.97. The predicted molar refractivity (Wildman–Crippen MR) is 61.1 cm³/mol. The summed E-state index contributed by atoms with van der Waals surface area (Å²) in [6.45, 7) is 0. The van der Waals surface area contributed by atoms with Crippen molar-refractivity contribution in [1.29, 1.82) is 0 Å². The molecule has 0 aliphatic rings. The third kappa shape index (κ3) is 2.71. The topological polar surface area (TPSA) is 89.8 Å². The lowest BCUT2D eigenvalue weighted by Crippen LogP contribution is -2.13. The van der Waals surface area contributed by atoms with E-state index in [0.29, 0.717) is 5.69 Å². The van der Waals surface area contributed by atoms with Crippen LogP contribution in [0.1, 0.15) is 0 Å². The van der Waals surface area contributed by atoms with E-state index in [0.717, 1.165) is 12.4 Å². The van der Waals surface area contributed by atoms with Crippen LogP contribution >= 0.6 is 11.6 Å². The molecule has 17 heavy (non-hydrogen) atoms. The molecule has 0 fully saturated rings. The summed E-state index contributed by atoms with van der Waals surface area (Å²) in [5.74, 6) is 0. The van der Waals surface area contributed by atoms with Crippen LogP contribution in [0.5, 0.6) is 0 Å². The number of aromatic nitrogens is 4. The lowest BCUT2D eigenvalue weighted by molar-refractivity contribution is 0.600. The Labute approximate surface area is 103 Å². The average Bonchev–Trinajstić information content (AvgIpc) is 2.63. The molecule has 2 heterocycles. The Bertz CT molecular complexity index is 622. The van der Waals surface area contributed by atoms with E-state index in [1.807, 2.05) is 0 Å². The van der Waals surface area contributed by atoms with Crippen LogP contribution in [0, 0.1) is 0 Å². The SMILES string of the molecule is Cn1cc(NS(=O)(=O)c2cnc(Cl)nc2)cn1. The molecule has 0 unspecified atom stereocenters. The zero-order valence-corrected chi connectivity index (χ0v) is 10.3. The number of rotatable bonds is 3. The van der Waals surface area contributed by atoms with Gasteiger partial charge >= 0.3 is 0 Å². The molecule has 2 aromatic heterocycles. The monoisotopic (exact) mass is 273 g/mol. The summed E-state index contributed by atoms with van der Waals surface area (Å²) >= 11 is 5.47. The van der Waals surface area contributed by atoms with E-state index in [4.69, 9.17) is 11.6 Å². The number of nitrogens with one attached hydrogen (secondary N) is 1. The fraction of sp³-hybridized carbons (Fsp3) is 0.125. The molecular weight excluding hydrogens is 266 g/mol. The summed E-state index contributed by atoms with van der Waals surface area (Å²) in [6, 6.07) is 0. The lowest BCUT2D eigenvalue weighted by atomic mass is 10.6. The number of halogens is 1. The van der Waals surface area contributed by atoms with Crippen LogP contribution in [0.3, 0.4) is 0 Å². The smallest absolute Gasteiger partial charge is 0.265 e. The Kier molecular flexibility index (Phi) is 2.99. The van der Waals surface area contributed by atoms with E-state index >= 15 is 0 Å². The van der Waals surface area contributed by atoms with Gasteiger partial charge in [-0.3, -0.25) is 9.40 Å². The highest BCUT2D eigenvalue weighted by Crippen LogP contribution is 2.14. The molecule has 0 radical (unpaired) electrons. The first kappa shape index (κ1) is 11.8. The van der Waals surface area contributed by atoms with E-state index in [-0.39, 0.29) is 10.2 Å². The summed E-state index contributed by atoms with van der Waals surface area (Å²) in [5.41, 5.74) is 0.363. The summed E-state index contributed by atoms with van der Waals surface area (Å²) in [5, 5.41) is 3.84. The molecule has 0 bridgehead atoms. The number of hydrogen-bond donors (Lipinski definition) is 1. The summed E-state index contributed by atoms with van der Waals surface area (Å²) < 4.78 is 27.5. The average molecular weight is 274 g/mol. The highest BCUT2D eigenvalue weighted by molar-refractivity contribution is 7.92. The van der Waals surface area contributed by atoms with Crippen molar-refractivity contribution in [3.63, 3.8) is 0 Å². The van der Waals surface area contributed by atoms with Gasteiger partial charge in [-0.15, -0.1) is 0 Å². The van der Waals surface area contributed by atoms with Crippen molar-refractivity contribution in [2.24, 2.45) is 7.05 Å². The van der Waals surface area contributed by atoms with E-state index in [9.17, 15) is 8.42 Å². The van der Waals surface area contributed by atoms with Crippen LogP contribution in [-0.4, -0.2) is 28.2 Å². The van der Waals surface area contributed by atoms with E-state index in [1.54, 1.807) is 7.05 Å². The third-order valence-electron chi connectivity index (χ3n) is 1.86. The second-order valence-corrected chi connectivity index (χ2v) is 5.22. The zero-order valence-electron chi connectivity index (χ0n) is 8.70. The molecule has 0 saturated carbocycles. The number of sulfonamides is 1. The van der Waals surface area contributed by atoms with Crippen molar-refractivity contribution in [3.05, 3.63) is 30.1 Å². The van der Waals surface area contributed by atoms with Crippen LogP contribution in [-0.2, 0) is 17.1 Å². The maximum Gasteiger partial charge on any atom is 0.265 e. The van der Waals surface area contributed by atoms with Gasteiger partial charge in [0, 0.05) is 13.2 Å². The Hall–Kier alpha value is -1.67. The molecule has 90 valence electrons. The van der Waals surface area contributed by atoms with Crippen LogP contribution in [0.15, 0.2) is 29.7 Å². The largest absolute Gasteiger partial charge is 0.276 e. The second-order valence-electron chi connectivity index (χ2n) is 3.20. The minimum absolute atomic E-state index is 0.00896. The van der Waals surface area contributed by atoms with E-state index in [1.165, 1.54) is 17.1 Å². The van der Waals surface area contributed by atoms with Gasteiger partial charge in [0.2, 0.25) is 5.28 Å². The highest BCUT2D eigenvalue weighted by atomic mass is 35.5. The Morgan fingerprint density at radius 1 is 1.29 bits per heavy atom. The third-order valence-corrected chi connectivity index (χ3v) is 3.40. The molecule has 0 saturated heterocycles. The number of hydrogen-bond acceptors (Lipinski definition) is 5. The Morgan fingerprint density at radius 3 is 2.47 bits per heavy atom. The fourth-order valence-electron chi connectivity index (χ4n) is 1.13. The molecule has 0 atom stereocenters. The van der Waals surface area contributed by atoms with Crippen LogP contribution in [0.2, 0.25) is 5.28 Å².